The van der Waals surface area contributed by atoms with Crippen molar-refractivity contribution in [3.05, 3.63) is 24.3 Å². The summed E-state index contributed by atoms with van der Waals surface area (Å²) < 4.78 is 27.0. The van der Waals surface area contributed by atoms with Crippen LogP contribution in [0.15, 0.2) is 29.2 Å². The molecule has 1 aromatic rings. The van der Waals surface area contributed by atoms with Crippen LogP contribution in [0.4, 0.5) is 5.69 Å². The summed E-state index contributed by atoms with van der Waals surface area (Å²) in [6, 6.07) is 5.05. The van der Waals surface area contributed by atoms with Gasteiger partial charge in [0.1, 0.15) is 6.04 Å². The van der Waals surface area contributed by atoms with E-state index < -0.39 is 16.1 Å². The standard InChI is InChI=1S/C16H20N4O5S/c1-11(21)17-12-3-5-13(6-4-12)26(24,25)19-7-8-20-14(9-19)16(23)18(2)10-15(20)22/h3-6,14H,7-10H2,1-2H3,(H,17,21)/t14-/m0/s1. The number of carbonyl (C=O) groups is 3. The third kappa shape index (κ3) is 3.29. The van der Waals surface area contributed by atoms with Crippen LogP contribution >= 0.6 is 0 Å². The number of nitrogens with one attached hydrogen (secondary N) is 1. The van der Waals surface area contributed by atoms with Gasteiger partial charge in [-0.25, -0.2) is 8.42 Å². The molecule has 1 N–H and O–H groups in total. The number of hydrogen-bond acceptors (Lipinski definition) is 5. The molecule has 0 saturated carbocycles. The Morgan fingerprint density at radius 2 is 1.81 bits per heavy atom. The second-order valence-electron chi connectivity index (χ2n) is 6.37. The zero-order chi connectivity index (χ0) is 19.1. The smallest absolute Gasteiger partial charge is 0.246 e. The number of piperazine rings is 2. The summed E-state index contributed by atoms with van der Waals surface area (Å²) in [6.07, 6.45) is 0. The predicted octanol–water partition coefficient (Wildman–Crippen LogP) is -0.681. The summed E-state index contributed by atoms with van der Waals surface area (Å²) in [5.74, 6) is -0.680. The van der Waals surface area contributed by atoms with Gasteiger partial charge in [-0.15, -0.1) is 0 Å². The number of fused-ring (bicyclic) bond motifs is 1. The lowest BCUT2D eigenvalue weighted by atomic mass is 10.1. The molecule has 0 unspecified atom stereocenters. The van der Waals surface area contributed by atoms with Crippen LogP contribution in [0.3, 0.4) is 0 Å². The van der Waals surface area contributed by atoms with Crippen molar-refractivity contribution in [2.24, 2.45) is 0 Å². The molecule has 0 aromatic heterocycles. The van der Waals surface area contributed by atoms with Gasteiger partial charge in [0.2, 0.25) is 27.7 Å². The highest BCUT2D eigenvalue weighted by Gasteiger charge is 2.44. The third-order valence-electron chi connectivity index (χ3n) is 4.51. The molecule has 2 aliphatic heterocycles. The highest BCUT2D eigenvalue weighted by Crippen LogP contribution is 2.24. The minimum absolute atomic E-state index is 0.0205. The maximum Gasteiger partial charge on any atom is 0.246 e. The van der Waals surface area contributed by atoms with Crippen LogP contribution in [0.2, 0.25) is 0 Å². The Morgan fingerprint density at radius 3 is 2.42 bits per heavy atom. The third-order valence-corrected chi connectivity index (χ3v) is 6.39. The van der Waals surface area contributed by atoms with Gasteiger partial charge in [0.15, 0.2) is 0 Å². The average Bonchev–Trinajstić information content (AvgIpc) is 2.59. The Morgan fingerprint density at radius 1 is 1.15 bits per heavy atom. The number of sulfonamides is 1. The first-order valence-corrected chi connectivity index (χ1v) is 9.56. The lowest BCUT2D eigenvalue weighted by Gasteiger charge is -2.44. The summed E-state index contributed by atoms with van der Waals surface area (Å²) in [5, 5.41) is 2.57. The molecule has 9 nitrogen and oxygen atoms in total. The first kappa shape index (κ1) is 18.3. The van der Waals surface area contributed by atoms with Crippen molar-refractivity contribution < 1.29 is 22.8 Å². The quantitative estimate of drug-likeness (QED) is 0.748. The van der Waals surface area contributed by atoms with Gasteiger partial charge in [-0.2, -0.15) is 4.31 Å². The van der Waals surface area contributed by atoms with E-state index in [1.54, 1.807) is 0 Å². The fourth-order valence-electron chi connectivity index (χ4n) is 3.17. The fraction of sp³-hybridized carbons (Fsp3) is 0.438. The van der Waals surface area contributed by atoms with E-state index in [2.05, 4.69) is 5.32 Å². The maximum absolute atomic E-state index is 12.9. The van der Waals surface area contributed by atoms with E-state index in [1.807, 2.05) is 0 Å². The molecule has 26 heavy (non-hydrogen) atoms. The van der Waals surface area contributed by atoms with E-state index in [4.69, 9.17) is 0 Å². The van der Waals surface area contributed by atoms with Crippen LogP contribution in [-0.2, 0) is 24.4 Å². The Bertz CT molecular complexity index is 852. The van der Waals surface area contributed by atoms with Gasteiger partial charge in [0, 0.05) is 39.3 Å². The number of hydrogen-bond donors (Lipinski definition) is 1. The lowest BCUT2D eigenvalue weighted by molar-refractivity contribution is -0.156. The SMILES string of the molecule is CC(=O)Nc1ccc(S(=O)(=O)N2CCN3C(=O)CN(C)C(=O)[C@@H]3C2)cc1. The van der Waals surface area contributed by atoms with E-state index in [-0.39, 0.29) is 48.8 Å². The average molecular weight is 380 g/mol. The van der Waals surface area contributed by atoms with Crippen LogP contribution in [-0.4, -0.2) is 79.5 Å². The van der Waals surface area contributed by atoms with Gasteiger partial charge in [0.25, 0.3) is 0 Å². The van der Waals surface area contributed by atoms with Gasteiger partial charge in [-0.1, -0.05) is 0 Å². The molecule has 3 rings (SSSR count). The maximum atomic E-state index is 12.9. The molecule has 2 saturated heterocycles. The van der Waals surface area contributed by atoms with Crippen LogP contribution in [0.25, 0.3) is 0 Å². The normalized spacial score (nSPS) is 21.5. The minimum atomic E-state index is -3.80. The van der Waals surface area contributed by atoms with Crippen molar-refractivity contribution in [2.45, 2.75) is 17.9 Å². The summed E-state index contributed by atoms with van der Waals surface area (Å²) >= 11 is 0. The number of rotatable bonds is 3. The van der Waals surface area contributed by atoms with E-state index in [1.165, 1.54) is 52.3 Å². The number of amides is 3. The minimum Gasteiger partial charge on any atom is -0.335 e. The molecular weight excluding hydrogens is 360 g/mol. The molecule has 3 amide bonds. The topological polar surface area (TPSA) is 107 Å². The molecule has 1 aromatic carbocycles. The molecule has 2 heterocycles. The molecule has 0 aliphatic carbocycles. The number of benzene rings is 1. The van der Waals surface area contributed by atoms with Crippen molar-refractivity contribution in [3.63, 3.8) is 0 Å². The molecule has 0 bridgehead atoms. The number of anilines is 1. The van der Waals surface area contributed by atoms with Gasteiger partial charge in [0.05, 0.1) is 11.4 Å². The van der Waals surface area contributed by atoms with Gasteiger partial charge in [-0.3, -0.25) is 14.4 Å². The zero-order valence-corrected chi connectivity index (χ0v) is 15.3. The monoisotopic (exact) mass is 380 g/mol. The predicted molar refractivity (Wildman–Crippen MR) is 92.6 cm³/mol. The summed E-state index contributed by atoms with van der Waals surface area (Å²) in [5.41, 5.74) is 0.496. The van der Waals surface area contributed by atoms with E-state index in [0.717, 1.165) is 0 Å². The number of carbonyl (C=O) groups excluding carboxylic acids is 3. The van der Waals surface area contributed by atoms with E-state index >= 15 is 0 Å². The van der Waals surface area contributed by atoms with E-state index in [9.17, 15) is 22.8 Å². The summed E-state index contributed by atoms with van der Waals surface area (Å²) in [7, 11) is -2.27. The molecule has 10 heteroatoms. The lowest BCUT2D eigenvalue weighted by Crippen LogP contribution is -2.66. The Balaban J connectivity index is 1.81. The van der Waals surface area contributed by atoms with Gasteiger partial charge in [-0.05, 0) is 24.3 Å². The van der Waals surface area contributed by atoms with Crippen LogP contribution < -0.4 is 5.32 Å². The second kappa shape index (κ2) is 6.69. The van der Waals surface area contributed by atoms with Crippen LogP contribution in [0.5, 0.6) is 0 Å². The summed E-state index contributed by atoms with van der Waals surface area (Å²) in [6.45, 7) is 1.64. The highest BCUT2D eigenvalue weighted by molar-refractivity contribution is 7.89. The van der Waals surface area contributed by atoms with Crippen molar-refractivity contribution in [3.8, 4) is 0 Å². The molecule has 2 aliphatic rings. The molecule has 0 radical (unpaired) electrons. The Labute approximate surface area is 151 Å². The molecule has 0 spiro atoms. The highest BCUT2D eigenvalue weighted by atomic mass is 32.2. The fourth-order valence-corrected chi connectivity index (χ4v) is 4.61. The van der Waals surface area contributed by atoms with Crippen molar-refractivity contribution in [1.29, 1.82) is 0 Å². The van der Waals surface area contributed by atoms with Crippen molar-refractivity contribution in [2.75, 3.05) is 38.5 Å². The number of nitrogens with zero attached hydrogens (tertiary/aromatic N) is 3. The van der Waals surface area contributed by atoms with Gasteiger partial charge >= 0.3 is 0 Å². The van der Waals surface area contributed by atoms with Gasteiger partial charge < -0.3 is 15.1 Å². The zero-order valence-electron chi connectivity index (χ0n) is 14.5. The number of likely N-dealkylation sites (N-methyl/N-ethyl adjacent to an activating group) is 1. The molecule has 1 atom stereocenters. The first-order valence-electron chi connectivity index (χ1n) is 8.12. The van der Waals surface area contributed by atoms with Crippen molar-refractivity contribution >= 4 is 33.4 Å². The Kier molecular flexibility index (Phi) is 4.72. The van der Waals surface area contributed by atoms with E-state index in [0.29, 0.717) is 5.69 Å². The Hall–Kier alpha value is -2.46. The largest absolute Gasteiger partial charge is 0.335 e. The second-order valence-corrected chi connectivity index (χ2v) is 8.30. The molecule has 140 valence electrons. The molecule has 2 fully saturated rings. The first-order chi connectivity index (χ1) is 12.2. The van der Waals surface area contributed by atoms with Crippen LogP contribution in [0.1, 0.15) is 6.92 Å². The van der Waals surface area contributed by atoms with Crippen molar-refractivity contribution in [1.82, 2.24) is 14.1 Å². The molecular formula is C16H20N4O5S. The van der Waals surface area contributed by atoms with Crippen LogP contribution in [0, 0.1) is 0 Å². The summed E-state index contributed by atoms with van der Waals surface area (Å²) in [4.78, 5) is 38.3.